The second kappa shape index (κ2) is 10.4. The number of halogens is 2. The Morgan fingerprint density at radius 3 is 2.88 bits per heavy atom. The lowest BCUT2D eigenvalue weighted by molar-refractivity contribution is -0.124. The molecule has 1 unspecified atom stereocenters. The number of thioether (sulfide) groups is 1. The lowest BCUT2D eigenvalue weighted by Gasteiger charge is -2.27. The number of rotatable bonds is 6. The molecule has 2 heterocycles. The van der Waals surface area contributed by atoms with E-state index in [2.05, 4.69) is 20.9 Å². The van der Waals surface area contributed by atoms with Gasteiger partial charge in [0.25, 0.3) is 0 Å². The Morgan fingerprint density at radius 1 is 1.35 bits per heavy atom. The second-order valence-corrected chi connectivity index (χ2v) is 7.92. The Morgan fingerprint density at radius 2 is 2.12 bits per heavy atom. The maximum absolute atomic E-state index is 12.2. The van der Waals surface area contributed by atoms with Gasteiger partial charge in [0.1, 0.15) is 0 Å². The number of carbonyl (C=O) groups excluding carboxylic acids is 2. The van der Waals surface area contributed by atoms with Gasteiger partial charge in [0.2, 0.25) is 11.8 Å². The minimum absolute atomic E-state index is 0. The number of nitrogens with zero attached hydrogens (tertiary/aromatic N) is 1. The fourth-order valence-electron chi connectivity index (χ4n) is 2.96. The average molecular weight is 419 g/mol. The number of amides is 2. The van der Waals surface area contributed by atoms with Gasteiger partial charge in [-0.1, -0.05) is 11.6 Å². The fraction of sp³-hybridized carbons (Fsp3) is 0.529. The molecule has 1 atom stereocenters. The number of anilines is 1. The maximum Gasteiger partial charge on any atom is 0.238 e. The number of hydrogen-bond acceptors (Lipinski definition) is 5. The Balaban J connectivity index is 0.00000243. The van der Waals surface area contributed by atoms with Gasteiger partial charge in [-0.3, -0.25) is 9.59 Å². The summed E-state index contributed by atoms with van der Waals surface area (Å²) in [5, 5.41) is 9.26. The van der Waals surface area contributed by atoms with Gasteiger partial charge in [0.15, 0.2) is 0 Å². The van der Waals surface area contributed by atoms with Gasteiger partial charge >= 0.3 is 0 Å². The van der Waals surface area contributed by atoms with Gasteiger partial charge in [0, 0.05) is 49.1 Å². The first-order valence-corrected chi connectivity index (χ1v) is 9.84. The summed E-state index contributed by atoms with van der Waals surface area (Å²) in [5.41, 5.74) is 0.718. The number of benzene rings is 1. The first-order valence-electron chi connectivity index (χ1n) is 8.58. The van der Waals surface area contributed by atoms with Crippen molar-refractivity contribution in [3.63, 3.8) is 0 Å². The Labute approximate surface area is 169 Å². The summed E-state index contributed by atoms with van der Waals surface area (Å²) in [6.07, 6.45) is 1.11. The van der Waals surface area contributed by atoms with Crippen LogP contribution in [-0.2, 0) is 9.59 Å². The van der Waals surface area contributed by atoms with Crippen LogP contribution in [0.2, 0.25) is 5.02 Å². The summed E-state index contributed by atoms with van der Waals surface area (Å²) in [6, 6.07) is 5.40. The predicted molar refractivity (Wildman–Crippen MR) is 109 cm³/mol. The predicted octanol–water partition coefficient (Wildman–Crippen LogP) is 1.98. The molecule has 2 aliphatic heterocycles. The lowest BCUT2D eigenvalue weighted by Crippen LogP contribution is -2.44. The normalized spacial score (nSPS) is 19.9. The molecule has 1 fully saturated rings. The molecule has 9 heteroatoms. The van der Waals surface area contributed by atoms with E-state index in [0.717, 1.165) is 49.7 Å². The highest BCUT2D eigenvalue weighted by atomic mass is 35.5. The largest absolute Gasteiger partial charge is 0.356 e. The van der Waals surface area contributed by atoms with Crippen LogP contribution in [-0.4, -0.2) is 61.2 Å². The van der Waals surface area contributed by atoms with Gasteiger partial charge in [-0.05, 0) is 31.2 Å². The van der Waals surface area contributed by atoms with Crippen LogP contribution < -0.4 is 16.0 Å². The molecule has 0 aliphatic carbocycles. The van der Waals surface area contributed by atoms with Crippen molar-refractivity contribution in [3.05, 3.63) is 23.2 Å². The van der Waals surface area contributed by atoms with Gasteiger partial charge in [0.05, 0.1) is 10.9 Å². The van der Waals surface area contributed by atoms with E-state index in [0.29, 0.717) is 11.6 Å². The molecule has 144 valence electrons. The highest BCUT2D eigenvalue weighted by Crippen LogP contribution is 2.38. The number of carbonyl (C=O) groups is 2. The van der Waals surface area contributed by atoms with E-state index in [-0.39, 0.29) is 30.6 Å². The summed E-state index contributed by atoms with van der Waals surface area (Å²) in [5.74, 6) is -0.221. The molecular formula is C17H24Cl2N4O2S. The van der Waals surface area contributed by atoms with Crippen molar-refractivity contribution in [2.75, 3.05) is 44.6 Å². The molecule has 0 spiro atoms. The lowest BCUT2D eigenvalue weighted by atomic mass is 10.2. The van der Waals surface area contributed by atoms with Gasteiger partial charge in [-0.25, -0.2) is 0 Å². The van der Waals surface area contributed by atoms with Crippen LogP contribution in [0.15, 0.2) is 23.1 Å². The molecule has 3 rings (SSSR count). The first kappa shape index (κ1) is 21.3. The van der Waals surface area contributed by atoms with Crippen LogP contribution in [0.3, 0.4) is 0 Å². The highest BCUT2D eigenvalue weighted by molar-refractivity contribution is 8.01. The Kier molecular flexibility index (Phi) is 8.50. The van der Waals surface area contributed by atoms with Gasteiger partial charge in [-0.2, -0.15) is 0 Å². The number of hydrogen-bond donors (Lipinski definition) is 3. The van der Waals surface area contributed by atoms with Crippen molar-refractivity contribution in [1.29, 1.82) is 0 Å². The molecule has 1 aromatic carbocycles. The zero-order valence-corrected chi connectivity index (χ0v) is 16.8. The fourth-order valence-corrected chi connectivity index (χ4v) is 4.23. The summed E-state index contributed by atoms with van der Waals surface area (Å²) in [7, 11) is 0. The van der Waals surface area contributed by atoms with E-state index < -0.39 is 5.25 Å². The van der Waals surface area contributed by atoms with E-state index in [4.69, 9.17) is 11.6 Å². The molecule has 2 aliphatic rings. The number of piperazine rings is 1. The van der Waals surface area contributed by atoms with E-state index in [1.807, 2.05) is 6.07 Å². The van der Waals surface area contributed by atoms with E-state index in [1.54, 1.807) is 12.1 Å². The zero-order valence-electron chi connectivity index (χ0n) is 14.4. The Hall–Kier alpha value is -0.990. The SMILES string of the molecule is Cl.O=C(CC1Sc2ccc(Cl)cc2NC1=O)NCCCN1CCNCC1. The molecule has 0 radical (unpaired) electrons. The van der Waals surface area contributed by atoms with Crippen molar-refractivity contribution in [3.8, 4) is 0 Å². The minimum Gasteiger partial charge on any atom is -0.356 e. The van der Waals surface area contributed by atoms with Crippen molar-refractivity contribution in [1.82, 2.24) is 15.5 Å². The van der Waals surface area contributed by atoms with E-state index in [1.165, 1.54) is 11.8 Å². The topological polar surface area (TPSA) is 73.5 Å². The number of fused-ring (bicyclic) bond motifs is 1. The summed E-state index contributed by atoms with van der Waals surface area (Å²) >= 11 is 7.36. The molecule has 26 heavy (non-hydrogen) atoms. The zero-order chi connectivity index (χ0) is 17.6. The number of nitrogens with one attached hydrogen (secondary N) is 3. The molecule has 1 saturated heterocycles. The van der Waals surface area contributed by atoms with Crippen LogP contribution in [0.1, 0.15) is 12.8 Å². The first-order chi connectivity index (χ1) is 12.1. The third kappa shape index (κ3) is 6.03. The minimum atomic E-state index is -0.401. The molecular weight excluding hydrogens is 395 g/mol. The molecule has 3 N–H and O–H groups in total. The summed E-state index contributed by atoms with van der Waals surface area (Å²) in [6.45, 7) is 5.84. The van der Waals surface area contributed by atoms with Crippen LogP contribution in [0.4, 0.5) is 5.69 Å². The summed E-state index contributed by atoms with van der Waals surface area (Å²) < 4.78 is 0. The summed E-state index contributed by atoms with van der Waals surface area (Å²) in [4.78, 5) is 27.6. The standard InChI is InChI=1S/C17H23ClN4O2S.ClH/c18-12-2-3-14-13(10-12)21-17(24)15(25-14)11-16(23)20-4-1-7-22-8-5-19-6-9-22;/h2-3,10,15,19H,1,4-9,11H2,(H,20,23)(H,21,24);1H. The van der Waals surface area contributed by atoms with Crippen LogP contribution in [0.25, 0.3) is 0 Å². The molecule has 0 aromatic heterocycles. The Bertz CT molecular complexity index is 641. The van der Waals surface area contributed by atoms with Crippen LogP contribution in [0, 0.1) is 0 Å². The van der Waals surface area contributed by atoms with E-state index >= 15 is 0 Å². The van der Waals surface area contributed by atoms with Crippen molar-refractivity contribution in [2.24, 2.45) is 0 Å². The van der Waals surface area contributed by atoms with Crippen molar-refractivity contribution in [2.45, 2.75) is 23.0 Å². The van der Waals surface area contributed by atoms with Crippen molar-refractivity contribution >= 4 is 53.3 Å². The van der Waals surface area contributed by atoms with Crippen LogP contribution in [0.5, 0.6) is 0 Å². The molecule has 2 amide bonds. The van der Waals surface area contributed by atoms with Gasteiger partial charge < -0.3 is 20.9 Å². The third-order valence-corrected chi connectivity index (χ3v) is 5.83. The second-order valence-electron chi connectivity index (χ2n) is 6.24. The van der Waals surface area contributed by atoms with Crippen molar-refractivity contribution < 1.29 is 9.59 Å². The maximum atomic E-state index is 12.2. The third-order valence-electron chi connectivity index (χ3n) is 4.31. The smallest absolute Gasteiger partial charge is 0.238 e. The molecule has 1 aromatic rings. The average Bonchev–Trinajstić information content (AvgIpc) is 2.60. The van der Waals surface area contributed by atoms with E-state index in [9.17, 15) is 9.59 Å². The van der Waals surface area contributed by atoms with Crippen LogP contribution >= 0.6 is 35.8 Å². The quantitative estimate of drug-likeness (QED) is 0.615. The monoisotopic (exact) mass is 418 g/mol. The van der Waals surface area contributed by atoms with Gasteiger partial charge in [-0.15, -0.1) is 24.2 Å². The molecule has 0 bridgehead atoms. The molecule has 6 nitrogen and oxygen atoms in total. The highest BCUT2D eigenvalue weighted by Gasteiger charge is 2.29. The molecule has 0 saturated carbocycles.